The Labute approximate surface area is 112 Å². The second-order valence-electron chi connectivity index (χ2n) is 5.42. The van der Waals surface area contributed by atoms with E-state index in [-0.39, 0.29) is 0 Å². The molecule has 1 saturated carbocycles. The highest BCUT2D eigenvalue weighted by Gasteiger charge is 2.28. The molecule has 0 N–H and O–H groups in total. The quantitative estimate of drug-likeness (QED) is 0.841. The van der Waals surface area contributed by atoms with E-state index >= 15 is 0 Å². The minimum Gasteiger partial charge on any atom is -0.364 e. The summed E-state index contributed by atoms with van der Waals surface area (Å²) in [6, 6.07) is 9.22. The van der Waals surface area contributed by atoms with E-state index in [1.54, 1.807) is 0 Å². The Morgan fingerprint density at radius 3 is 3.00 bits per heavy atom. The molecule has 5 nitrogen and oxygen atoms in total. The van der Waals surface area contributed by atoms with Crippen molar-refractivity contribution in [2.75, 3.05) is 11.4 Å². The van der Waals surface area contributed by atoms with Crippen LogP contribution in [-0.4, -0.2) is 26.8 Å². The van der Waals surface area contributed by atoms with Crippen LogP contribution in [0.2, 0.25) is 0 Å². The maximum atomic E-state index is 4.20. The normalized spacial score (nSPS) is 18.4. The van der Waals surface area contributed by atoms with Crippen LogP contribution < -0.4 is 4.90 Å². The third kappa shape index (κ3) is 1.99. The molecule has 5 heteroatoms. The Morgan fingerprint density at radius 1 is 1.21 bits per heavy atom. The summed E-state index contributed by atoms with van der Waals surface area (Å²) in [6.45, 7) is 1.91. The monoisotopic (exact) mass is 255 g/mol. The summed E-state index contributed by atoms with van der Waals surface area (Å²) >= 11 is 0. The van der Waals surface area contributed by atoms with Crippen molar-refractivity contribution in [1.82, 2.24) is 20.2 Å². The number of aryl methyl sites for hydroxylation is 1. The van der Waals surface area contributed by atoms with Crippen molar-refractivity contribution in [2.45, 2.75) is 38.3 Å². The minimum atomic E-state index is 0.546. The van der Waals surface area contributed by atoms with E-state index in [0.717, 1.165) is 18.9 Å². The fourth-order valence-corrected chi connectivity index (χ4v) is 2.87. The summed E-state index contributed by atoms with van der Waals surface area (Å²) in [4.78, 5) is 2.41. The highest BCUT2D eigenvalue weighted by atomic mass is 15.6. The zero-order chi connectivity index (χ0) is 12.7. The summed E-state index contributed by atoms with van der Waals surface area (Å²) < 4.78 is 2.01. The third-order valence-corrected chi connectivity index (χ3v) is 3.99. The third-order valence-electron chi connectivity index (χ3n) is 3.99. The van der Waals surface area contributed by atoms with Gasteiger partial charge in [-0.3, -0.25) is 0 Å². The first-order chi connectivity index (χ1) is 9.42. The van der Waals surface area contributed by atoms with Crippen LogP contribution in [0, 0.1) is 0 Å². The Balaban J connectivity index is 1.62. The second-order valence-corrected chi connectivity index (χ2v) is 5.42. The lowest BCUT2D eigenvalue weighted by Crippen LogP contribution is -2.30. The summed E-state index contributed by atoms with van der Waals surface area (Å²) in [5.74, 6) is 0.999. The van der Waals surface area contributed by atoms with Gasteiger partial charge in [0.15, 0.2) is 5.82 Å². The number of benzene rings is 1. The highest BCUT2D eigenvalue weighted by molar-refractivity contribution is 5.55. The second kappa shape index (κ2) is 4.33. The van der Waals surface area contributed by atoms with Crippen molar-refractivity contribution in [3.8, 4) is 0 Å². The van der Waals surface area contributed by atoms with Gasteiger partial charge in [-0.15, -0.1) is 5.10 Å². The molecule has 1 aliphatic carbocycles. The van der Waals surface area contributed by atoms with Crippen LogP contribution >= 0.6 is 0 Å². The highest BCUT2D eigenvalue weighted by Crippen LogP contribution is 2.35. The topological polar surface area (TPSA) is 46.8 Å². The summed E-state index contributed by atoms with van der Waals surface area (Å²) in [7, 11) is 0. The molecule has 0 saturated heterocycles. The van der Waals surface area contributed by atoms with Gasteiger partial charge in [-0.1, -0.05) is 18.2 Å². The number of para-hydroxylation sites is 1. The van der Waals surface area contributed by atoms with Gasteiger partial charge in [-0.05, 0) is 47.7 Å². The molecule has 2 aromatic rings. The molecule has 98 valence electrons. The summed E-state index contributed by atoms with van der Waals surface area (Å²) in [5, 5.41) is 12.2. The van der Waals surface area contributed by atoms with Crippen LogP contribution in [0.1, 0.15) is 36.7 Å². The first-order valence-electron chi connectivity index (χ1n) is 7.01. The number of hydrogen-bond donors (Lipinski definition) is 0. The number of aromatic nitrogens is 4. The smallest absolute Gasteiger partial charge is 0.170 e. The van der Waals surface area contributed by atoms with Gasteiger partial charge in [0.2, 0.25) is 0 Å². The molecule has 1 aromatic heterocycles. The maximum absolute atomic E-state index is 4.20. The molecule has 1 aromatic carbocycles. The van der Waals surface area contributed by atoms with Gasteiger partial charge in [-0.25, -0.2) is 4.68 Å². The van der Waals surface area contributed by atoms with Crippen molar-refractivity contribution in [3.05, 3.63) is 35.7 Å². The Hall–Kier alpha value is -1.91. The van der Waals surface area contributed by atoms with Gasteiger partial charge < -0.3 is 4.90 Å². The van der Waals surface area contributed by atoms with E-state index in [0.29, 0.717) is 6.04 Å². The zero-order valence-electron chi connectivity index (χ0n) is 10.9. The molecule has 4 rings (SSSR count). The molecule has 0 atom stereocenters. The first-order valence-corrected chi connectivity index (χ1v) is 7.01. The van der Waals surface area contributed by atoms with E-state index in [2.05, 4.69) is 44.7 Å². The van der Waals surface area contributed by atoms with E-state index in [9.17, 15) is 0 Å². The number of rotatable bonds is 3. The molecule has 0 spiro atoms. The molecule has 0 amide bonds. The number of hydrogen-bond acceptors (Lipinski definition) is 4. The summed E-state index contributed by atoms with van der Waals surface area (Å²) in [5.41, 5.74) is 2.79. The van der Waals surface area contributed by atoms with Gasteiger partial charge in [0.05, 0.1) is 12.6 Å². The lowest BCUT2D eigenvalue weighted by atomic mass is 10.0. The van der Waals surface area contributed by atoms with Gasteiger partial charge >= 0.3 is 0 Å². The average molecular weight is 255 g/mol. The molecule has 1 fully saturated rings. The minimum absolute atomic E-state index is 0.546. The SMILES string of the molecule is c1ccc2c(c1)CCCN2Cc1nnnn1C1CC1. The fraction of sp³-hybridized carbons (Fsp3) is 0.500. The molecule has 0 bridgehead atoms. The summed E-state index contributed by atoms with van der Waals surface area (Å²) in [6.07, 6.45) is 4.82. The lowest BCUT2D eigenvalue weighted by molar-refractivity contribution is 0.567. The van der Waals surface area contributed by atoms with E-state index in [1.807, 2.05) is 4.68 Å². The number of tetrazole rings is 1. The molecular weight excluding hydrogens is 238 g/mol. The Morgan fingerprint density at radius 2 is 2.11 bits per heavy atom. The van der Waals surface area contributed by atoms with Crippen molar-refractivity contribution >= 4 is 5.69 Å². The van der Waals surface area contributed by atoms with Crippen LogP contribution in [0.4, 0.5) is 5.69 Å². The number of nitrogens with zero attached hydrogens (tertiary/aromatic N) is 5. The zero-order valence-corrected chi connectivity index (χ0v) is 10.9. The van der Waals surface area contributed by atoms with Crippen LogP contribution in [0.3, 0.4) is 0 Å². The van der Waals surface area contributed by atoms with Crippen LogP contribution in [-0.2, 0) is 13.0 Å². The van der Waals surface area contributed by atoms with Crippen molar-refractivity contribution < 1.29 is 0 Å². The van der Waals surface area contributed by atoms with Crippen molar-refractivity contribution in [1.29, 1.82) is 0 Å². The van der Waals surface area contributed by atoms with Crippen LogP contribution in [0.5, 0.6) is 0 Å². The largest absolute Gasteiger partial charge is 0.364 e. The lowest BCUT2D eigenvalue weighted by Gasteiger charge is -2.30. The molecule has 0 radical (unpaired) electrons. The van der Waals surface area contributed by atoms with Crippen LogP contribution in [0.15, 0.2) is 24.3 Å². The van der Waals surface area contributed by atoms with Gasteiger partial charge in [0, 0.05) is 12.2 Å². The van der Waals surface area contributed by atoms with Gasteiger partial charge in [-0.2, -0.15) is 0 Å². The fourth-order valence-electron chi connectivity index (χ4n) is 2.87. The maximum Gasteiger partial charge on any atom is 0.170 e. The Bertz CT molecular complexity index is 587. The van der Waals surface area contributed by atoms with Crippen molar-refractivity contribution in [2.24, 2.45) is 0 Å². The van der Waals surface area contributed by atoms with Crippen molar-refractivity contribution in [3.63, 3.8) is 0 Å². The molecule has 2 heterocycles. The first kappa shape index (κ1) is 11.0. The van der Waals surface area contributed by atoms with E-state index < -0.39 is 0 Å². The molecule has 2 aliphatic rings. The average Bonchev–Trinajstić information content (AvgIpc) is 3.20. The standard InChI is InChI=1S/C14H17N5/c1-2-6-13-11(4-1)5-3-9-18(13)10-14-15-16-17-19(14)12-7-8-12/h1-2,4,6,12H,3,5,7-10H2. The number of fused-ring (bicyclic) bond motifs is 1. The predicted octanol–water partition coefficient (Wildman–Crippen LogP) is 1.96. The van der Waals surface area contributed by atoms with E-state index in [1.165, 1.54) is 36.9 Å². The number of anilines is 1. The Kier molecular flexibility index (Phi) is 2.50. The van der Waals surface area contributed by atoms with Gasteiger partial charge in [0.25, 0.3) is 0 Å². The molecule has 19 heavy (non-hydrogen) atoms. The molecular formula is C14H17N5. The van der Waals surface area contributed by atoms with Gasteiger partial charge in [0.1, 0.15) is 0 Å². The molecule has 1 aliphatic heterocycles. The predicted molar refractivity (Wildman–Crippen MR) is 71.9 cm³/mol. The van der Waals surface area contributed by atoms with E-state index in [4.69, 9.17) is 0 Å². The molecule has 0 unspecified atom stereocenters. The van der Waals surface area contributed by atoms with Crippen LogP contribution in [0.25, 0.3) is 0 Å².